The fraction of sp³-hybridized carbons (Fsp3) is 0.786. The molecule has 0 aromatic heterocycles. The molecule has 3 rings (SSSR count). The minimum atomic E-state index is -0.963. The average Bonchev–Trinajstić information content (AvgIpc) is 2.84. The van der Waals surface area contributed by atoms with E-state index < -0.39 is 22.9 Å². The van der Waals surface area contributed by atoms with Gasteiger partial charge >= 0.3 is 11.9 Å². The fourth-order valence-corrected chi connectivity index (χ4v) is 4.77. The minimum Gasteiger partial charge on any atom is -0.469 e. The van der Waals surface area contributed by atoms with E-state index >= 15 is 0 Å². The van der Waals surface area contributed by atoms with Crippen LogP contribution in [0.4, 0.5) is 0 Å². The molecular formula is C14H18O5. The summed E-state index contributed by atoms with van der Waals surface area (Å²) < 4.78 is 10.3. The van der Waals surface area contributed by atoms with Crippen LogP contribution in [0.5, 0.6) is 0 Å². The quantitative estimate of drug-likeness (QED) is 0.703. The molecule has 2 saturated carbocycles. The Morgan fingerprint density at radius 1 is 1.32 bits per heavy atom. The number of rotatable bonds is 2. The smallest absolute Gasteiger partial charge is 0.314 e. The van der Waals surface area contributed by atoms with Crippen molar-refractivity contribution in [1.29, 1.82) is 0 Å². The second-order valence-corrected chi connectivity index (χ2v) is 5.91. The Kier molecular flexibility index (Phi) is 2.53. The highest BCUT2D eigenvalue weighted by atomic mass is 16.6. The third-order valence-electron chi connectivity index (χ3n) is 5.51. The maximum Gasteiger partial charge on any atom is 0.314 e. The molecule has 5 heteroatoms. The van der Waals surface area contributed by atoms with Gasteiger partial charge in [-0.2, -0.15) is 0 Å². The molecule has 5 nitrogen and oxygen atoms in total. The van der Waals surface area contributed by atoms with E-state index in [1.165, 1.54) is 14.0 Å². The van der Waals surface area contributed by atoms with Crippen molar-refractivity contribution < 1.29 is 23.9 Å². The van der Waals surface area contributed by atoms with Crippen molar-refractivity contribution in [3.63, 3.8) is 0 Å². The summed E-state index contributed by atoms with van der Waals surface area (Å²) in [5.41, 5.74) is -1.75. The summed E-state index contributed by atoms with van der Waals surface area (Å²) in [5, 5.41) is 0. The third-order valence-corrected chi connectivity index (χ3v) is 5.51. The molecule has 3 fully saturated rings. The summed E-state index contributed by atoms with van der Waals surface area (Å²) in [6, 6.07) is 0. The fourth-order valence-electron chi connectivity index (χ4n) is 4.77. The van der Waals surface area contributed by atoms with Crippen LogP contribution in [0, 0.1) is 16.7 Å². The van der Waals surface area contributed by atoms with Gasteiger partial charge in [0.25, 0.3) is 0 Å². The van der Waals surface area contributed by atoms with Crippen molar-refractivity contribution in [3.8, 4) is 0 Å². The van der Waals surface area contributed by atoms with Crippen LogP contribution in [0.1, 0.15) is 39.0 Å². The van der Waals surface area contributed by atoms with E-state index in [-0.39, 0.29) is 17.7 Å². The van der Waals surface area contributed by atoms with E-state index in [9.17, 15) is 14.4 Å². The van der Waals surface area contributed by atoms with Gasteiger partial charge in [0.05, 0.1) is 23.9 Å². The lowest BCUT2D eigenvalue weighted by Gasteiger charge is -2.43. The maximum atomic E-state index is 12.4. The van der Waals surface area contributed by atoms with Crippen LogP contribution in [0.3, 0.4) is 0 Å². The topological polar surface area (TPSA) is 69.7 Å². The summed E-state index contributed by atoms with van der Waals surface area (Å²) in [5.74, 6) is -1.29. The number of Topliss-reactive ketones (excluding diaryl/α,β-unsaturated/α-hetero) is 1. The first kappa shape index (κ1) is 12.6. The van der Waals surface area contributed by atoms with Crippen LogP contribution >= 0.6 is 0 Å². The molecule has 2 aliphatic carbocycles. The van der Waals surface area contributed by atoms with Crippen LogP contribution < -0.4 is 0 Å². The number of hydrogen-bond acceptors (Lipinski definition) is 5. The summed E-state index contributed by atoms with van der Waals surface area (Å²) in [7, 11) is 1.33. The van der Waals surface area contributed by atoms with Crippen LogP contribution in [0.15, 0.2) is 0 Å². The van der Waals surface area contributed by atoms with Gasteiger partial charge < -0.3 is 9.47 Å². The van der Waals surface area contributed by atoms with Crippen molar-refractivity contribution in [2.24, 2.45) is 16.7 Å². The molecule has 2 bridgehead atoms. The first-order chi connectivity index (χ1) is 9.00. The lowest BCUT2D eigenvalue weighted by molar-refractivity contribution is -0.170. The van der Waals surface area contributed by atoms with E-state index in [1.807, 2.05) is 0 Å². The third kappa shape index (κ3) is 1.19. The van der Waals surface area contributed by atoms with Crippen molar-refractivity contribution >= 4 is 17.7 Å². The second kappa shape index (κ2) is 3.81. The van der Waals surface area contributed by atoms with Crippen molar-refractivity contribution in [1.82, 2.24) is 0 Å². The van der Waals surface area contributed by atoms with Crippen LogP contribution in [-0.2, 0) is 23.9 Å². The SMILES string of the molecule is COC(=O)[C@@H]1C[C@H]2OC(=O)[C@@]13CCCC[C@@]23C(C)=O. The number of carbonyl (C=O) groups is 3. The summed E-state index contributed by atoms with van der Waals surface area (Å²) in [6.07, 6.45) is 2.94. The number of esters is 2. The summed E-state index contributed by atoms with van der Waals surface area (Å²) in [6.45, 7) is 1.52. The van der Waals surface area contributed by atoms with Gasteiger partial charge in [0.2, 0.25) is 0 Å². The first-order valence-corrected chi connectivity index (χ1v) is 6.80. The lowest BCUT2D eigenvalue weighted by Crippen LogP contribution is -2.52. The molecule has 19 heavy (non-hydrogen) atoms. The monoisotopic (exact) mass is 266 g/mol. The van der Waals surface area contributed by atoms with Gasteiger partial charge in [0.15, 0.2) is 0 Å². The zero-order chi connectivity index (χ0) is 13.8. The zero-order valence-corrected chi connectivity index (χ0v) is 11.2. The van der Waals surface area contributed by atoms with Gasteiger partial charge in [-0.15, -0.1) is 0 Å². The molecule has 0 amide bonds. The molecule has 1 saturated heterocycles. The summed E-state index contributed by atoms with van der Waals surface area (Å²) >= 11 is 0. The Bertz CT molecular complexity index is 470. The minimum absolute atomic E-state index is 0.0190. The molecule has 0 unspecified atom stereocenters. The molecule has 0 radical (unpaired) electrons. The molecule has 1 heterocycles. The molecule has 0 N–H and O–H groups in total. The highest BCUT2D eigenvalue weighted by molar-refractivity contribution is 5.99. The van der Waals surface area contributed by atoms with Crippen molar-refractivity contribution in [3.05, 3.63) is 0 Å². The molecule has 0 aromatic rings. The molecular weight excluding hydrogens is 248 g/mol. The Morgan fingerprint density at radius 3 is 2.63 bits per heavy atom. The molecule has 3 aliphatic rings. The van der Waals surface area contributed by atoms with Crippen LogP contribution in [0.2, 0.25) is 0 Å². The largest absolute Gasteiger partial charge is 0.469 e. The number of ketones is 1. The normalized spacial score (nSPS) is 43.6. The molecule has 104 valence electrons. The average molecular weight is 266 g/mol. The van der Waals surface area contributed by atoms with E-state index in [0.29, 0.717) is 19.3 Å². The van der Waals surface area contributed by atoms with Gasteiger partial charge in [0, 0.05) is 0 Å². The zero-order valence-electron chi connectivity index (χ0n) is 11.2. The Labute approximate surface area is 111 Å². The Hall–Kier alpha value is -1.39. The Balaban J connectivity index is 2.16. The van der Waals surface area contributed by atoms with Crippen LogP contribution in [0.25, 0.3) is 0 Å². The number of methoxy groups -OCH3 is 1. The molecule has 0 spiro atoms. The first-order valence-electron chi connectivity index (χ1n) is 6.80. The van der Waals surface area contributed by atoms with E-state index in [0.717, 1.165) is 12.8 Å². The summed E-state index contributed by atoms with van der Waals surface area (Å²) in [4.78, 5) is 36.6. The predicted molar refractivity (Wildman–Crippen MR) is 64.0 cm³/mol. The van der Waals surface area contributed by atoms with E-state index in [2.05, 4.69) is 0 Å². The molecule has 4 atom stereocenters. The highest BCUT2D eigenvalue weighted by Gasteiger charge is 2.79. The molecule has 0 aromatic carbocycles. The highest BCUT2D eigenvalue weighted by Crippen LogP contribution is 2.69. The number of ether oxygens (including phenoxy) is 2. The van der Waals surface area contributed by atoms with Crippen molar-refractivity contribution in [2.75, 3.05) is 7.11 Å². The van der Waals surface area contributed by atoms with Gasteiger partial charge in [-0.05, 0) is 26.2 Å². The van der Waals surface area contributed by atoms with E-state index in [4.69, 9.17) is 9.47 Å². The number of hydrogen-bond donors (Lipinski definition) is 0. The predicted octanol–water partition coefficient (Wildman–Crippen LogP) is 1.24. The van der Waals surface area contributed by atoms with Gasteiger partial charge in [-0.1, -0.05) is 12.8 Å². The van der Waals surface area contributed by atoms with Crippen molar-refractivity contribution in [2.45, 2.75) is 45.1 Å². The van der Waals surface area contributed by atoms with E-state index in [1.54, 1.807) is 0 Å². The lowest BCUT2D eigenvalue weighted by atomic mass is 9.54. The second-order valence-electron chi connectivity index (χ2n) is 5.91. The van der Waals surface area contributed by atoms with Gasteiger partial charge in [-0.25, -0.2) is 0 Å². The number of carbonyl (C=O) groups excluding carboxylic acids is 3. The molecule has 1 aliphatic heterocycles. The Morgan fingerprint density at radius 2 is 2.00 bits per heavy atom. The standard InChI is InChI=1S/C14H18O5/c1-8(15)13-5-3-4-6-14(13)9(11(16)18-2)7-10(13)19-12(14)17/h9-10H,3-7H2,1-2H3/t9-,10+,13+,14+/m0/s1. The van der Waals surface area contributed by atoms with Gasteiger partial charge in [0.1, 0.15) is 11.9 Å². The maximum absolute atomic E-state index is 12.4. The van der Waals surface area contributed by atoms with Crippen LogP contribution in [-0.4, -0.2) is 30.9 Å². The van der Waals surface area contributed by atoms with Gasteiger partial charge in [-0.3, -0.25) is 14.4 Å².